The summed E-state index contributed by atoms with van der Waals surface area (Å²) in [4.78, 5) is 17.0. The van der Waals surface area contributed by atoms with Crippen molar-refractivity contribution in [2.75, 3.05) is 5.32 Å². The van der Waals surface area contributed by atoms with Gasteiger partial charge in [-0.1, -0.05) is 40.5 Å². The number of benzene rings is 2. The second-order valence-electron chi connectivity index (χ2n) is 6.75. The Balaban J connectivity index is 1.38. The van der Waals surface area contributed by atoms with Crippen LogP contribution in [0.5, 0.6) is 0 Å². The highest BCUT2D eigenvalue weighted by molar-refractivity contribution is 6.30. The maximum atomic E-state index is 12.7. The van der Waals surface area contributed by atoms with Crippen LogP contribution in [-0.4, -0.2) is 25.9 Å². The first kappa shape index (κ1) is 20.8. The Morgan fingerprint density at radius 3 is 2.42 bits per heavy atom. The molecule has 4 aromatic rings. The molecule has 0 aliphatic heterocycles. The standard InChI is InChI=1S/C22H18Cl2N6O/c23-16-5-3-15(4-6-16)13-30-14-19(28-29-30)12-26-22(31)20-2-1-11-25-21(20)27-18-9-7-17(24)8-10-18/h1-11,14H,12-13H2,(H,25,27)(H,26,31). The van der Waals surface area contributed by atoms with Crippen LogP contribution in [0.25, 0.3) is 0 Å². The number of rotatable bonds is 7. The Labute approximate surface area is 189 Å². The van der Waals surface area contributed by atoms with Crippen LogP contribution in [0.2, 0.25) is 10.0 Å². The van der Waals surface area contributed by atoms with Gasteiger partial charge in [0.2, 0.25) is 0 Å². The number of nitrogens with one attached hydrogen (secondary N) is 2. The molecule has 31 heavy (non-hydrogen) atoms. The monoisotopic (exact) mass is 452 g/mol. The number of halogens is 2. The molecule has 7 nitrogen and oxygen atoms in total. The minimum atomic E-state index is -0.267. The van der Waals surface area contributed by atoms with Crippen LogP contribution >= 0.6 is 23.2 Å². The summed E-state index contributed by atoms with van der Waals surface area (Å²) >= 11 is 11.8. The fraction of sp³-hybridized carbons (Fsp3) is 0.0909. The highest BCUT2D eigenvalue weighted by Crippen LogP contribution is 2.20. The largest absolute Gasteiger partial charge is 0.346 e. The van der Waals surface area contributed by atoms with E-state index in [2.05, 4.69) is 25.9 Å². The number of carbonyl (C=O) groups excluding carboxylic acids is 1. The highest BCUT2D eigenvalue weighted by atomic mass is 35.5. The lowest BCUT2D eigenvalue weighted by Crippen LogP contribution is -2.24. The van der Waals surface area contributed by atoms with Gasteiger partial charge in [0.1, 0.15) is 11.5 Å². The third kappa shape index (κ3) is 5.59. The zero-order chi connectivity index (χ0) is 21.6. The molecule has 0 aliphatic carbocycles. The van der Waals surface area contributed by atoms with Gasteiger partial charge in [-0.3, -0.25) is 4.79 Å². The highest BCUT2D eigenvalue weighted by Gasteiger charge is 2.13. The fourth-order valence-electron chi connectivity index (χ4n) is 2.90. The van der Waals surface area contributed by atoms with E-state index in [1.165, 1.54) is 0 Å². The van der Waals surface area contributed by atoms with Crippen LogP contribution in [0.15, 0.2) is 73.1 Å². The summed E-state index contributed by atoms with van der Waals surface area (Å²) in [7, 11) is 0. The summed E-state index contributed by atoms with van der Waals surface area (Å²) in [5, 5.41) is 15.6. The zero-order valence-corrected chi connectivity index (χ0v) is 17.8. The molecule has 0 atom stereocenters. The topological polar surface area (TPSA) is 84.7 Å². The molecular weight excluding hydrogens is 435 g/mol. The summed E-state index contributed by atoms with van der Waals surface area (Å²) in [5.41, 5.74) is 2.91. The predicted octanol–water partition coefficient (Wildman–Crippen LogP) is 4.70. The van der Waals surface area contributed by atoms with E-state index in [-0.39, 0.29) is 12.5 Å². The average Bonchev–Trinajstić information content (AvgIpc) is 3.23. The van der Waals surface area contributed by atoms with E-state index in [9.17, 15) is 4.79 Å². The zero-order valence-electron chi connectivity index (χ0n) is 16.3. The molecule has 0 saturated carbocycles. The Morgan fingerprint density at radius 2 is 1.68 bits per heavy atom. The molecule has 0 bridgehead atoms. The summed E-state index contributed by atoms with van der Waals surface area (Å²) in [6.07, 6.45) is 3.42. The SMILES string of the molecule is O=C(NCc1cn(Cc2ccc(Cl)cc2)nn1)c1cccnc1Nc1ccc(Cl)cc1. The third-order valence-electron chi connectivity index (χ3n) is 4.43. The van der Waals surface area contributed by atoms with Crippen LogP contribution in [0, 0.1) is 0 Å². The van der Waals surface area contributed by atoms with Crippen molar-refractivity contribution in [1.82, 2.24) is 25.3 Å². The van der Waals surface area contributed by atoms with Gasteiger partial charge in [0.05, 0.1) is 24.8 Å². The molecule has 0 unspecified atom stereocenters. The molecule has 1 amide bonds. The Bertz CT molecular complexity index is 1180. The average molecular weight is 453 g/mol. The first-order valence-corrected chi connectivity index (χ1v) is 10.2. The van der Waals surface area contributed by atoms with Gasteiger partial charge in [-0.2, -0.15) is 0 Å². The van der Waals surface area contributed by atoms with Crippen LogP contribution in [0.4, 0.5) is 11.5 Å². The van der Waals surface area contributed by atoms with Gasteiger partial charge in [-0.25, -0.2) is 9.67 Å². The molecule has 4 rings (SSSR count). The summed E-state index contributed by atoms with van der Waals surface area (Å²) in [5.74, 6) is 0.186. The lowest BCUT2D eigenvalue weighted by molar-refractivity contribution is 0.0951. The van der Waals surface area contributed by atoms with Crippen LogP contribution in [-0.2, 0) is 13.1 Å². The van der Waals surface area contributed by atoms with E-state index in [1.54, 1.807) is 41.3 Å². The van der Waals surface area contributed by atoms with Gasteiger partial charge in [0.25, 0.3) is 5.91 Å². The van der Waals surface area contributed by atoms with Crippen molar-refractivity contribution in [2.24, 2.45) is 0 Å². The number of nitrogens with zero attached hydrogens (tertiary/aromatic N) is 4. The fourth-order valence-corrected chi connectivity index (χ4v) is 3.15. The molecule has 2 heterocycles. The molecular formula is C22H18Cl2N6O. The molecule has 2 aromatic carbocycles. The number of amides is 1. The second-order valence-corrected chi connectivity index (χ2v) is 7.62. The lowest BCUT2D eigenvalue weighted by Gasteiger charge is -2.11. The van der Waals surface area contributed by atoms with Crippen molar-refractivity contribution in [3.63, 3.8) is 0 Å². The smallest absolute Gasteiger partial charge is 0.255 e. The summed E-state index contributed by atoms with van der Waals surface area (Å²) < 4.78 is 1.71. The van der Waals surface area contributed by atoms with Gasteiger partial charge in [-0.05, 0) is 54.1 Å². The Hall–Kier alpha value is -3.42. The lowest BCUT2D eigenvalue weighted by atomic mass is 10.2. The summed E-state index contributed by atoms with van der Waals surface area (Å²) in [6.45, 7) is 0.810. The van der Waals surface area contributed by atoms with Crippen LogP contribution in [0.1, 0.15) is 21.6 Å². The van der Waals surface area contributed by atoms with Gasteiger partial charge >= 0.3 is 0 Å². The van der Waals surface area contributed by atoms with Gasteiger partial charge in [0.15, 0.2) is 0 Å². The van der Waals surface area contributed by atoms with E-state index < -0.39 is 0 Å². The van der Waals surface area contributed by atoms with Gasteiger partial charge in [-0.15, -0.1) is 5.10 Å². The minimum absolute atomic E-state index is 0.245. The van der Waals surface area contributed by atoms with Crippen LogP contribution < -0.4 is 10.6 Å². The number of aromatic nitrogens is 4. The normalized spacial score (nSPS) is 10.6. The van der Waals surface area contributed by atoms with Crippen molar-refractivity contribution in [3.8, 4) is 0 Å². The molecule has 2 N–H and O–H groups in total. The third-order valence-corrected chi connectivity index (χ3v) is 4.94. The van der Waals surface area contributed by atoms with E-state index in [0.29, 0.717) is 33.7 Å². The molecule has 0 spiro atoms. The molecule has 2 aromatic heterocycles. The molecule has 9 heteroatoms. The predicted molar refractivity (Wildman–Crippen MR) is 121 cm³/mol. The molecule has 156 valence electrons. The number of carbonyl (C=O) groups is 1. The Morgan fingerprint density at radius 1 is 0.968 bits per heavy atom. The van der Waals surface area contributed by atoms with Crippen molar-refractivity contribution < 1.29 is 4.79 Å². The Kier molecular flexibility index (Phi) is 6.45. The number of hydrogen-bond donors (Lipinski definition) is 2. The summed E-state index contributed by atoms with van der Waals surface area (Å²) in [6, 6.07) is 18.1. The van der Waals surface area contributed by atoms with Crippen molar-refractivity contribution in [3.05, 3.63) is 99.9 Å². The molecule has 0 aliphatic rings. The number of anilines is 2. The van der Waals surface area contributed by atoms with Crippen molar-refractivity contribution in [1.29, 1.82) is 0 Å². The molecule has 0 fully saturated rings. The molecule has 0 saturated heterocycles. The number of hydrogen-bond acceptors (Lipinski definition) is 5. The minimum Gasteiger partial charge on any atom is -0.346 e. The number of pyridine rings is 1. The second kappa shape index (κ2) is 9.59. The van der Waals surface area contributed by atoms with E-state index >= 15 is 0 Å². The maximum Gasteiger partial charge on any atom is 0.255 e. The van der Waals surface area contributed by atoms with E-state index in [0.717, 1.165) is 11.3 Å². The quantitative estimate of drug-likeness (QED) is 0.424. The van der Waals surface area contributed by atoms with Crippen molar-refractivity contribution >= 4 is 40.6 Å². The molecule has 0 radical (unpaired) electrons. The first-order valence-electron chi connectivity index (χ1n) is 9.46. The van der Waals surface area contributed by atoms with Gasteiger partial charge < -0.3 is 10.6 Å². The van der Waals surface area contributed by atoms with Gasteiger partial charge in [0, 0.05) is 21.9 Å². The van der Waals surface area contributed by atoms with E-state index in [1.807, 2.05) is 36.4 Å². The van der Waals surface area contributed by atoms with Crippen molar-refractivity contribution in [2.45, 2.75) is 13.1 Å². The van der Waals surface area contributed by atoms with E-state index in [4.69, 9.17) is 23.2 Å². The first-order chi connectivity index (χ1) is 15.1. The maximum absolute atomic E-state index is 12.7. The van der Waals surface area contributed by atoms with Crippen LogP contribution in [0.3, 0.4) is 0 Å².